The van der Waals surface area contributed by atoms with Gasteiger partial charge in [-0.25, -0.2) is 4.79 Å². The van der Waals surface area contributed by atoms with Gasteiger partial charge >= 0.3 is 6.03 Å². The quantitative estimate of drug-likeness (QED) is 0.906. The number of carbonyl (C=O) groups excluding carboxylic acids is 1. The molecule has 2 N–H and O–H groups in total. The van der Waals surface area contributed by atoms with Crippen LogP contribution in [0, 0.1) is 13.8 Å². The molecular formula is C18H24N4O2. The molecular weight excluding hydrogens is 304 g/mol. The van der Waals surface area contributed by atoms with Crippen LogP contribution in [0.2, 0.25) is 0 Å². The van der Waals surface area contributed by atoms with Gasteiger partial charge in [-0.2, -0.15) is 5.10 Å². The highest BCUT2D eigenvalue weighted by molar-refractivity contribution is 5.74. The number of nitrogens with one attached hydrogen (secondary N) is 1. The van der Waals surface area contributed by atoms with Crippen molar-refractivity contribution in [3.63, 3.8) is 0 Å². The highest BCUT2D eigenvalue weighted by atomic mass is 16.3. The minimum Gasteiger partial charge on any atom is -0.508 e. The van der Waals surface area contributed by atoms with Crippen LogP contribution < -0.4 is 5.32 Å². The number of aromatic nitrogens is 2. The zero-order chi connectivity index (χ0) is 17.3. The first-order valence-electron chi connectivity index (χ1n) is 8.28. The minimum atomic E-state index is -0.0526. The van der Waals surface area contributed by atoms with Gasteiger partial charge in [0.15, 0.2) is 0 Å². The number of phenolic OH excluding ortho intramolecular Hbond substituents is 1. The normalized spacial score (nSPS) is 13.7. The van der Waals surface area contributed by atoms with Crippen molar-refractivity contribution < 1.29 is 9.90 Å². The van der Waals surface area contributed by atoms with Gasteiger partial charge in [-0.3, -0.25) is 4.68 Å². The van der Waals surface area contributed by atoms with Crippen LogP contribution in [-0.2, 0) is 26.4 Å². The first-order chi connectivity index (χ1) is 11.5. The molecule has 2 aromatic rings. The summed E-state index contributed by atoms with van der Waals surface area (Å²) in [5.74, 6) is 0.249. The summed E-state index contributed by atoms with van der Waals surface area (Å²) < 4.78 is 1.88. The molecule has 0 saturated heterocycles. The summed E-state index contributed by atoms with van der Waals surface area (Å²) in [5, 5.41) is 17.0. The second kappa shape index (κ2) is 6.55. The predicted molar refractivity (Wildman–Crippen MR) is 92.0 cm³/mol. The van der Waals surface area contributed by atoms with Gasteiger partial charge in [-0.1, -0.05) is 6.07 Å². The zero-order valence-corrected chi connectivity index (χ0v) is 14.5. The van der Waals surface area contributed by atoms with E-state index in [1.807, 2.05) is 31.6 Å². The van der Waals surface area contributed by atoms with Crippen LogP contribution in [0.1, 0.15) is 28.1 Å². The SMILES string of the molecule is Cc1nn(C)c(C)c1CCNC(=O)N1CCc2ccc(O)cc2C1. The van der Waals surface area contributed by atoms with Gasteiger partial charge in [-0.15, -0.1) is 0 Å². The van der Waals surface area contributed by atoms with Crippen LogP contribution in [0.15, 0.2) is 18.2 Å². The number of fused-ring (bicyclic) bond motifs is 1. The average molecular weight is 328 g/mol. The predicted octanol–water partition coefficient (Wildman–Crippen LogP) is 2.05. The topological polar surface area (TPSA) is 70.4 Å². The number of amides is 2. The molecule has 1 aromatic carbocycles. The number of nitrogens with zero attached hydrogens (tertiary/aromatic N) is 3. The zero-order valence-electron chi connectivity index (χ0n) is 14.5. The van der Waals surface area contributed by atoms with Gasteiger partial charge in [0.25, 0.3) is 0 Å². The highest BCUT2D eigenvalue weighted by Crippen LogP contribution is 2.23. The summed E-state index contributed by atoms with van der Waals surface area (Å²) in [7, 11) is 1.94. The van der Waals surface area contributed by atoms with Gasteiger partial charge in [0.05, 0.1) is 5.69 Å². The van der Waals surface area contributed by atoms with E-state index in [9.17, 15) is 9.90 Å². The molecule has 0 spiro atoms. The van der Waals surface area contributed by atoms with Gasteiger partial charge in [-0.05, 0) is 55.5 Å². The molecule has 6 nitrogen and oxygen atoms in total. The van der Waals surface area contributed by atoms with E-state index in [0.717, 1.165) is 29.8 Å². The van der Waals surface area contributed by atoms with E-state index in [0.29, 0.717) is 19.6 Å². The molecule has 1 aliphatic rings. The van der Waals surface area contributed by atoms with Crippen molar-refractivity contribution in [1.82, 2.24) is 20.0 Å². The van der Waals surface area contributed by atoms with Crippen LogP contribution in [0.3, 0.4) is 0 Å². The second-order valence-corrected chi connectivity index (χ2v) is 6.38. The number of aryl methyl sites for hydroxylation is 2. The third-order valence-corrected chi connectivity index (χ3v) is 4.80. The van der Waals surface area contributed by atoms with E-state index in [1.165, 1.54) is 11.1 Å². The molecule has 0 bridgehead atoms. The van der Waals surface area contributed by atoms with Gasteiger partial charge in [0, 0.05) is 32.4 Å². The van der Waals surface area contributed by atoms with Gasteiger partial charge in [0.2, 0.25) is 0 Å². The van der Waals surface area contributed by atoms with Crippen molar-refractivity contribution in [2.75, 3.05) is 13.1 Å². The first kappa shape index (κ1) is 16.4. The molecule has 0 aliphatic carbocycles. The first-order valence-corrected chi connectivity index (χ1v) is 8.28. The standard InChI is InChI=1S/C18H24N4O2/c1-12-17(13(2)21(3)20-12)6-8-19-18(24)22-9-7-14-4-5-16(23)10-15(14)11-22/h4-5,10,23H,6-9,11H2,1-3H3,(H,19,24). The maximum absolute atomic E-state index is 12.4. The van der Waals surface area contributed by atoms with Crippen LogP contribution >= 0.6 is 0 Å². The molecule has 128 valence electrons. The summed E-state index contributed by atoms with van der Waals surface area (Å²) in [6.07, 6.45) is 1.60. The van der Waals surface area contributed by atoms with E-state index >= 15 is 0 Å². The maximum Gasteiger partial charge on any atom is 0.317 e. The number of urea groups is 1. The van der Waals surface area contributed by atoms with Crippen molar-refractivity contribution in [2.24, 2.45) is 7.05 Å². The van der Waals surface area contributed by atoms with E-state index in [4.69, 9.17) is 0 Å². The Morgan fingerprint density at radius 3 is 2.83 bits per heavy atom. The lowest BCUT2D eigenvalue weighted by atomic mass is 10.00. The molecule has 0 unspecified atom stereocenters. The number of carbonyl (C=O) groups is 1. The molecule has 2 heterocycles. The second-order valence-electron chi connectivity index (χ2n) is 6.38. The van der Waals surface area contributed by atoms with E-state index in [1.54, 1.807) is 17.0 Å². The highest BCUT2D eigenvalue weighted by Gasteiger charge is 2.21. The molecule has 6 heteroatoms. The van der Waals surface area contributed by atoms with Crippen LogP contribution in [-0.4, -0.2) is 38.9 Å². The number of rotatable bonds is 3. The van der Waals surface area contributed by atoms with Crippen molar-refractivity contribution in [2.45, 2.75) is 33.2 Å². The van der Waals surface area contributed by atoms with Crippen molar-refractivity contribution in [3.05, 3.63) is 46.3 Å². The van der Waals surface area contributed by atoms with Crippen molar-refractivity contribution in [1.29, 1.82) is 0 Å². The molecule has 24 heavy (non-hydrogen) atoms. The Kier molecular flexibility index (Phi) is 4.46. The van der Waals surface area contributed by atoms with Crippen LogP contribution in [0.5, 0.6) is 5.75 Å². The fraction of sp³-hybridized carbons (Fsp3) is 0.444. The summed E-state index contributed by atoms with van der Waals surface area (Å²) in [5.41, 5.74) is 5.59. The number of hydrogen-bond donors (Lipinski definition) is 2. The average Bonchev–Trinajstić information content (AvgIpc) is 2.80. The number of benzene rings is 1. The molecule has 3 rings (SSSR count). The minimum absolute atomic E-state index is 0.0526. The van der Waals surface area contributed by atoms with Crippen LogP contribution in [0.4, 0.5) is 4.79 Å². The van der Waals surface area contributed by atoms with Crippen molar-refractivity contribution >= 4 is 6.03 Å². The largest absolute Gasteiger partial charge is 0.508 e. The monoisotopic (exact) mass is 328 g/mol. The lowest BCUT2D eigenvalue weighted by Crippen LogP contribution is -2.43. The fourth-order valence-electron chi connectivity index (χ4n) is 3.30. The molecule has 0 saturated carbocycles. The third kappa shape index (κ3) is 3.22. The number of hydrogen-bond acceptors (Lipinski definition) is 3. The van der Waals surface area contributed by atoms with E-state index in [-0.39, 0.29) is 11.8 Å². The number of phenols is 1. The Bertz CT molecular complexity index is 767. The lowest BCUT2D eigenvalue weighted by Gasteiger charge is -2.29. The maximum atomic E-state index is 12.4. The van der Waals surface area contributed by atoms with E-state index in [2.05, 4.69) is 10.4 Å². The van der Waals surface area contributed by atoms with Gasteiger partial charge in [0.1, 0.15) is 5.75 Å². The van der Waals surface area contributed by atoms with Crippen LogP contribution in [0.25, 0.3) is 0 Å². The van der Waals surface area contributed by atoms with E-state index < -0.39 is 0 Å². The molecule has 1 aliphatic heterocycles. The third-order valence-electron chi connectivity index (χ3n) is 4.80. The molecule has 2 amide bonds. The van der Waals surface area contributed by atoms with Gasteiger partial charge < -0.3 is 15.3 Å². The summed E-state index contributed by atoms with van der Waals surface area (Å²) in [6.45, 7) is 5.88. The summed E-state index contributed by atoms with van der Waals surface area (Å²) >= 11 is 0. The number of aromatic hydroxyl groups is 1. The lowest BCUT2D eigenvalue weighted by molar-refractivity contribution is 0.192. The Labute approximate surface area is 142 Å². The molecule has 0 fully saturated rings. The molecule has 1 aromatic heterocycles. The molecule has 0 radical (unpaired) electrons. The molecule has 0 atom stereocenters. The van der Waals surface area contributed by atoms with Crippen molar-refractivity contribution in [3.8, 4) is 5.75 Å². The summed E-state index contributed by atoms with van der Waals surface area (Å²) in [4.78, 5) is 14.2. The fourth-order valence-corrected chi connectivity index (χ4v) is 3.30. The Hall–Kier alpha value is -2.50. The Balaban J connectivity index is 1.56. The Morgan fingerprint density at radius 2 is 2.12 bits per heavy atom. The Morgan fingerprint density at radius 1 is 1.33 bits per heavy atom. The summed E-state index contributed by atoms with van der Waals surface area (Å²) in [6, 6.07) is 5.33. The smallest absolute Gasteiger partial charge is 0.317 e.